The molecule has 0 bridgehead atoms. The summed E-state index contributed by atoms with van der Waals surface area (Å²) in [5, 5.41) is 2.74. The minimum absolute atomic E-state index is 0.0132. The van der Waals surface area contributed by atoms with Crippen molar-refractivity contribution in [2.24, 2.45) is 0 Å². The molecular formula is C10H19NO. The van der Waals surface area contributed by atoms with Crippen LogP contribution in [0.25, 0.3) is 0 Å². The van der Waals surface area contributed by atoms with Gasteiger partial charge in [0.15, 0.2) is 0 Å². The highest BCUT2D eigenvalue weighted by atomic mass is 16.1. The van der Waals surface area contributed by atoms with Crippen molar-refractivity contribution in [2.45, 2.75) is 46.5 Å². The predicted octanol–water partition coefficient (Wildman–Crippen LogP) is 2.61. The Balaban J connectivity index is 3.48. The third-order valence-corrected chi connectivity index (χ3v) is 1.63. The first-order chi connectivity index (χ1) is 5.66. The lowest BCUT2D eigenvalue weighted by Gasteiger charge is -2.00. The highest BCUT2D eigenvalue weighted by molar-refractivity contribution is 5.74. The summed E-state index contributed by atoms with van der Waals surface area (Å²) in [4.78, 5) is 10.6. The maximum atomic E-state index is 10.6. The number of nitrogens with one attached hydrogen (secondary N) is 1. The van der Waals surface area contributed by atoms with Crippen molar-refractivity contribution in [2.75, 3.05) is 0 Å². The van der Waals surface area contributed by atoms with Crippen LogP contribution in [0.4, 0.5) is 0 Å². The molecule has 1 N–H and O–H groups in total. The van der Waals surface area contributed by atoms with Crippen molar-refractivity contribution in [3.05, 3.63) is 11.8 Å². The largest absolute Gasteiger partial charge is 0.331 e. The Morgan fingerprint density at radius 2 is 2.00 bits per heavy atom. The van der Waals surface area contributed by atoms with Crippen LogP contribution in [0.1, 0.15) is 46.5 Å². The fourth-order valence-corrected chi connectivity index (χ4v) is 1.04. The zero-order chi connectivity index (χ0) is 9.40. The molecule has 0 saturated heterocycles. The van der Waals surface area contributed by atoms with Gasteiger partial charge in [0.2, 0.25) is 5.91 Å². The standard InChI is InChI=1S/C10H19NO/c1-4-5-6-7-8-9(2)11-10(3)12/h8H,4-7H2,1-3H3,(H,11,12). The van der Waals surface area contributed by atoms with E-state index < -0.39 is 0 Å². The van der Waals surface area contributed by atoms with Gasteiger partial charge in [0.05, 0.1) is 0 Å². The predicted molar refractivity (Wildman–Crippen MR) is 51.7 cm³/mol. The van der Waals surface area contributed by atoms with Gasteiger partial charge in [-0.2, -0.15) is 0 Å². The summed E-state index contributed by atoms with van der Waals surface area (Å²) in [6, 6.07) is 0. The summed E-state index contributed by atoms with van der Waals surface area (Å²) in [5.74, 6) is 0.0132. The second-order valence-electron chi connectivity index (χ2n) is 3.06. The fourth-order valence-electron chi connectivity index (χ4n) is 1.04. The molecule has 0 aromatic rings. The zero-order valence-corrected chi connectivity index (χ0v) is 8.31. The number of carbonyl (C=O) groups is 1. The first kappa shape index (κ1) is 11.2. The van der Waals surface area contributed by atoms with Crippen LogP contribution in [0.15, 0.2) is 11.8 Å². The fraction of sp³-hybridized carbons (Fsp3) is 0.700. The Bertz CT molecular complexity index is 161. The second-order valence-corrected chi connectivity index (χ2v) is 3.06. The molecule has 12 heavy (non-hydrogen) atoms. The molecule has 0 aromatic heterocycles. The molecule has 2 nitrogen and oxygen atoms in total. The third kappa shape index (κ3) is 7.32. The number of rotatable bonds is 5. The molecule has 0 spiro atoms. The maximum absolute atomic E-state index is 10.6. The van der Waals surface area contributed by atoms with Crippen molar-refractivity contribution in [3.63, 3.8) is 0 Å². The lowest BCUT2D eigenvalue weighted by atomic mass is 10.2. The summed E-state index contributed by atoms with van der Waals surface area (Å²) >= 11 is 0. The number of carbonyl (C=O) groups excluding carboxylic acids is 1. The van der Waals surface area contributed by atoms with E-state index in [9.17, 15) is 4.79 Å². The number of hydrogen-bond acceptors (Lipinski definition) is 1. The van der Waals surface area contributed by atoms with Crippen LogP contribution in [0, 0.1) is 0 Å². The van der Waals surface area contributed by atoms with Gasteiger partial charge in [0.25, 0.3) is 0 Å². The van der Waals surface area contributed by atoms with Gasteiger partial charge in [0.1, 0.15) is 0 Å². The Morgan fingerprint density at radius 1 is 1.33 bits per heavy atom. The molecule has 0 heterocycles. The first-order valence-electron chi connectivity index (χ1n) is 4.61. The average Bonchev–Trinajstić information content (AvgIpc) is 1.97. The number of hydrogen-bond donors (Lipinski definition) is 1. The monoisotopic (exact) mass is 169 g/mol. The molecular weight excluding hydrogens is 150 g/mol. The van der Waals surface area contributed by atoms with Crippen LogP contribution in [0.3, 0.4) is 0 Å². The summed E-state index contributed by atoms with van der Waals surface area (Å²) < 4.78 is 0. The van der Waals surface area contributed by atoms with Crippen molar-refractivity contribution in [3.8, 4) is 0 Å². The summed E-state index contributed by atoms with van der Waals surface area (Å²) in [6.07, 6.45) is 6.88. The van der Waals surface area contributed by atoms with Gasteiger partial charge in [-0.15, -0.1) is 0 Å². The summed E-state index contributed by atoms with van der Waals surface area (Å²) in [5.41, 5.74) is 0.971. The van der Waals surface area contributed by atoms with Crippen LogP contribution in [0.5, 0.6) is 0 Å². The van der Waals surface area contributed by atoms with Gasteiger partial charge in [-0.1, -0.05) is 25.8 Å². The highest BCUT2D eigenvalue weighted by Crippen LogP contribution is 2.01. The van der Waals surface area contributed by atoms with Gasteiger partial charge in [-0.25, -0.2) is 0 Å². The number of unbranched alkanes of at least 4 members (excludes halogenated alkanes) is 3. The second kappa shape index (κ2) is 6.89. The van der Waals surface area contributed by atoms with Gasteiger partial charge in [0, 0.05) is 12.6 Å². The Morgan fingerprint density at radius 3 is 2.50 bits per heavy atom. The molecule has 0 saturated carbocycles. The Kier molecular flexibility index (Phi) is 6.44. The third-order valence-electron chi connectivity index (χ3n) is 1.63. The normalized spacial score (nSPS) is 11.4. The van der Waals surface area contributed by atoms with Gasteiger partial charge in [-0.3, -0.25) is 4.79 Å². The van der Waals surface area contributed by atoms with E-state index in [1.54, 1.807) is 0 Å². The lowest BCUT2D eigenvalue weighted by molar-refractivity contribution is -0.118. The molecule has 0 aliphatic carbocycles. The highest BCUT2D eigenvalue weighted by Gasteiger charge is 1.91. The van der Waals surface area contributed by atoms with Crippen LogP contribution in [-0.2, 0) is 4.79 Å². The van der Waals surface area contributed by atoms with Crippen LogP contribution in [-0.4, -0.2) is 5.91 Å². The molecule has 0 aromatic carbocycles. The van der Waals surface area contributed by atoms with Gasteiger partial charge in [-0.05, 0) is 19.8 Å². The molecule has 0 radical (unpaired) electrons. The van der Waals surface area contributed by atoms with E-state index in [4.69, 9.17) is 0 Å². The molecule has 70 valence electrons. The van der Waals surface area contributed by atoms with Gasteiger partial charge < -0.3 is 5.32 Å². The molecule has 0 atom stereocenters. The zero-order valence-electron chi connectivity index (χ0n) is 8.31. The van der Waals surface area contributed by atoms with Crippen molar-refractivity contribution in [1.29, 1.82) is 0 Å². The topological polar surface area (TPSA) is 29.1 Å². The minimum atomic E-state index is 0.0132. The van der Waals surface area contributed by atoms with E-state index in [2.05, 4.69) is 18.3 Å². The van der Waals surface area contributed by atoms with Crippen molar-refractivity contribution >= 4 is 5.91 Å². The number of amides is 1. The Labute approximate surface area is 75.0 Å². The Hall–Kier alpha value is -0.790. The van der Waals surface area contributed by atoms with E-state index >= 15 is 0 Å². The molecule has 2 heteroatoms. The lowest BCUT2D eigenvalue weighted by Crippen LogP contribution is -2.16. The van der Waals surface area contributed by atoms with Crippen LogP contribution < -0.4 is 5.32 Å². The van der Waals surface area contributed by atoms with Crippen LogP contribution >= 0.6 is 0 Å². The molecule has 0 unspecified atom stereocenters. The molecule has 0 aliphatic rings. The van der Waals surface area contributed by atoms with E-state index in [0.29, 0.717) is 0 Å². The van der Waals surface area contributed by atoms with E-state index in [-0.39, 0.29) is 5.91 Å². The summed E-state index contributed by atoms with van der Waals surface area (Å²) in [6.45, 7) is 5.64. The SMILES string of the molecule is CCCCCC=C(C)NC(C)=O. The number of allylic oxidation sites excluding steroid dienone is 2. The van der Waals surface area contributed by atoms with E-state index in [1.807, 2.05) is 6.92 Å². The molecule has 0 rings (SSSR count). The van der Waals surface area contributed by atoms with Crippen molar-refractivity contribution < 1.29 is 4.79 Å². The maximum Gasteiger partial charge on any atom is 0.220 e. The van der Waals surface area contributed by atoms with Gasteiger partial charge >= 0.3 is 0 Å². The van der Waals surface area contributed by atoms with Crippen molar-refractivity contribution in [1.82, 2.24) is 5.32 Å². The first-order valence-corrected chi connectivity index (χ1v) is 4.61. The smallest absolute Gasteiger partial charge is 0.220 e. The van der Waals surface area contributed by atoms with E-state index in [1.165, 1.54) is 26.2 Å². The average molecular weight is 169 g/mol. The molecule has 0 fully saturated rings. The summed E-state index contributed by atoms with van der Waals surface area (Å²) in [7, 11) is 0. The quantitative estimate of drug-likeness (QED) is 0.630. The minimum Gasteiger partial charge on any atom is -0.331 e. The van der Waals surface area contributed by atoms with Crippen LogP contribution in [0.2, 0.25) is 0 Å². The van der Waals surface area contributed by atoms with E-state index in [0.717, 1.165) is 12.1 Å². The molecule has 0 aliphatic heterocycles. The molecule has 1 amide bonds.